The summed E-state index contributed by atoms with van der Waals surface area (Å²) < 4.78 is 2.31. The first-order valence-electron chi connectivity index (χ1n) is 9.40. The molecule has 0 spiro atoms. The summed E-state index contributed by atoms with van der Waals surface area (Å²) in [5.74, 6) is 0. The molecule has 0 saturated heterocycles. The molecule has 3 aromatic rings. The van der Waals surface area contributed by atoms with Crippen molar-refractivity contribution in [3.8, 4) is 0 Å². The number of fused-ring (bicyclic) bond motifs is 1. The zero-order valence-electron chi connectivity index (χ0n) is 15.7. The minimum Gasteiger partial charge on any atom is -0.348 e. The summed E-state index contributed by atoms with van der Waals surface area (Å²) in [6.45, 7) is 6.11. The number of aryl methyl sites for hydroxylation is 2. The van der Waals surface area contributed by atoms with Gasteiger partial charge in [-0.15, -0.1) is 0 Å². The van der Waals surface area contributed by atoms with Crippen molar-refractivity contribution in [2.75, 3.05) is 11.9 Å². The number of nitrogens with zero attached hydrogens (tertiary/aromatic N) is 3. The normalized spacial score (nSPS) is 16.1. The fraction of sp³-hybridized carbons (Fsp3) is 0.273. The number of thiocarbonyl (C=S) groups is 1. The Bertz CT molecular complexity index is 948. The Kier molecular flexibility index (Phi) is 4.94. The van der Waals surface area contributed by atoms with Gasteiger partial charge in [0.1, 0.15) is 0 Å². The van der Waals surface area contributed by atoms with Gasteiger partial charge in [-0.05, 0) is 66.5 Å². The first-order chi connectivity index (χ1) is 13.2. The van der Waals surface area contributed by atoms with Gasteiger partial charge < -0.3 is 14.8 Å². The Labute approximate surface area is 165 Å². The standard InChI is InChI=1S/C22H24N4S/c1-3-17-7-4-6-16(2)20(17)24-22(27)26-15-14-25-13-5-8-19(25)21(26)18-9-11-23-12-10-18/h4-13,21H,3,14-15H2,1-2H3,(H,24,27)/t21-/m1/s1. The highest BCUT2D eigenvalue weighted by Gasteiger charge is 2.30. The molecule has 1 aromatic carbocycles. The van der Waals surface area contributed by atoms with Gasteiger partial charge in [-0.2, -0.15) is 0 Å². The fourth-order valence-corrected chi connectivity index (χ4v) is 4.18. The Morgan fingerprint density at radius 2 is 1.96 bits per heavy atom. The van der Waals surface area contributed by atoms with E-state index in [2.05, 4.69) is 82.3 Å². The molecule has 3 heterocycles. The molecule has 0 bridgehead atoms. The summed E-state index contributed by atoms with van der Waals surface area (Å²) in [4.78, 5) is 6.48. The third-order valence-electron chi connectivity index (χ3n) is 5.29. The van der Waals surface area contributed by atoms with Gasteiger partial charge in [0, 0.05) is 43.1 Å². The Morgan fingerprint density at radius 3 is 2.74 bits per heavy atom. The second kappa shape index (κ2) is 7.53. The average Bonchev–Trinajstić information content (AvgIpc) is 3.18. The van der Waals surface area contributed by atoms with Crippen molar-refractivity contribution < 1.29 is 0 Å². The molecular formula is C22H24N4S. The number of para-hydroxylation sites is 1. The van der Waals surface area contributed by atoms with E-state index in [9.17, 15) is 0 Å². The van der Waals surface area contributed by atoms with Gasteiger partial charge in [0.2, 0.25) is 0 Å². The van der Waals surface area contributed by atoms with Crippen molar-refractivity contribution in [3.63, 3.8) is 0 Å². The number of rotatable bonds is 3. The Hall–Kier alpha value is -2.66. The van der Waals surface area contributed by atoms with Crippen LogP contribution >= 0.6 is 12.2 Å². The van der Waals surface area contributed by atoms with Gasteiger partial charge in [-0.3, -0.25) is 4.98 Å². The molecule has 2 aromatic heterocycles. The van der Waals surface area contributed by atoms with Gasteiger partial charge in [-0.1, -0.05) is 25.1 Å². The van der Waals surface area contributed by atoms with Crippen LogP contribution in [0.25, 0.3) is 0 Å². The molecule has 4 nitrogen and oxygen atoms in total. The summed E-state index contributed by atoms with van der Waals surface area (Å²) in [6, 6.07) is 14.9. The van der Waals surface area contributed by atoms with Crippen LogP contribution in [0.1, 0.15) is 35.3 Å². The highest BCUT2D eigenvalue weighted by Crippen LogP contribution is 2.33. The van der Waals surface area contributed by atoms with Crippen molar-refractivity contribution >= 4 is 23.0 Å². The van der Waals surface area contributed by atoms with E-state index < -0.39 is 0 Å². The summed E-state index contributed by atoms with van der Waals surface area (Å²) in [5.41, 5.74) is 6.11. The minimum absolute atomic E-state index is 0.0887. The Morgan fingerprint density at radius 1 is 1.15 bits per heavy atom. The maximum Gasteiger partial charge on any atom is 0.174 e. The van der Waals surface area contributed by atoms with Crippen LogP contribution in [-0.2, 0) is 13.0 Å². The number of pyridine rings is 1. The van der Waals surface area contributed by atoms with Crippen molar-refractivity contribution in [2.24, 2.45) is 0 Å². The smallest absolute Gasteiger partial charge is 0.174 e. The quantitative estimate of drug-likeness (QED) is 0.680. The molecule has 1 N–H and O–H groups in total. The summed E-state index contributed by atoms with van der Waals surface area (Å²) in [6.07, 6.45) is 6.82. The summed E-state index contributed by atoms with van der Waals surface area (Å²) >= 11 is 5.89. The second-order valence-electron chi connectivity index (χ2n) is 6.90. The van der Waals surface area contributed by atoms with Crippen LogP contribution in [0.3, 0.4) is 0 Å². The number of benzene rings is 1. The predicted molar refractivity (Wildman–Crippen MR) is 114 cm³/mol. The van der Waals surface area contributed by atoms with Crippen molar-refractivity contribution in [2.45, 2.75) is 32.9 Å². The summed E-state index contributed by atoms with van der Waals surface area (Å²) in [5, 5.41) is 4.33. The monoisotopic (exact) mass is 376 g/mol. The number of hydrogen-bond donors (Lipinski definition) is 1. The van der Waals surface area contributed by atoms with E-state index in [0.29, 0.717) is 0 Å². The highest BCUT2D eigenvalue weighted by atomic mass is 32.1. The van der Waals surface area contributed by atoms with Gasteiger partial charge in [0.25, 0.3) is 0 Å². The molecule has 1 aliphatic heterocycles. The molecule has 1 aliphatic rings. The molecule has 0 fully saturated rings. The van der Waals surface area contributed by atoms with E-state index in [0.717, 1.165) is 30.3 Å². The lowest BCUT2D eigenvalue weighted by atomic mass is 10.0. The van der Waals surface area contributed by atoms with E-state index in [1.807, 2.05) is 12.4 Å². The molecule has 0 unspecified atom stereocenters. The van der Waals surface area contributed by atoms with Gasteiger partial charge in [-0.25, -0.2) is 0 Å². The molecule has 5 heteroatoms. The molecule has 0 amide bonds. The van der Waals surface area contributed by atoms with Crippen LogP contribution in [0, 0.1) is 6.92 Å². The zero-order valence-corrected chi connectivity index (χ0v) is 16.5. The van der Waals surface area contributed by atoms with Gasteiger partial charge in [0.05, 0.1) is 6.04 Å². The Balaban J connectivity index is 1.69. The third-order valence-corrected chi connectivity index (χ3v) is 5.63. The van der Waals surface area contributed by atoms with E-state index in [4.69, 9.17) is 12.2 Å². The maximum atomic E-state index is 5.89. The largest absolute Gasteiger partial charge is 0.348 e. The van der Waals surface area contributed by atoms with Crippen LogP contribution < -0.4 is 5.32 Å². The predicted octanol–water partition coefficient (Wildman–Crippen LogP) is 4.56. The molecular weight excluding hydrogens is 352 g/mol. The lowest BCUT2D eigenvalue weighted by molar-refractivity contribution is 0.293. The lowest BCUT2D eigenvalue weighted by Crippen LogP contribution is -2.44. The second-order valence-corrected chi connectivity index (χ2v) is 7.28. The highest BCUT2D eigenvalue weighted by molar-refractivity contribution is 7.80. The number of anilines is 1. The van der Waals surface area contributed by atoms with Crippen LogP contribution in [0.4, 0.5) is 5.69 Å². The average molecular weight is 377 g/mol. The van der Waals surface area contributed by atoms with Crippen molar-refractivity contribution in [1.29, 1.82) is 0 Å². The first kappa shape index (κ1) is 17.7. The van der Waals surface area contributed by atoms with Gasteiger partial charge in [0.15, 0.2) is 5.11 Å². The fourth-order valence-electron chi connectivity index (χ4n) is 3.88. The van der Waals surface area contributed by atoms with Crippen LogP contribution in [0.2, 0.25) is 0 Å². The van der Waals surface area contributed by atoms with E-state index >= 15 is 0 Å². The van der Waals surface area contributed by atoms with E-state index in [-0.39, 0.29) is 6.04 Å². The molecule has 138 valence electrons. The van der Waals surface area contributed by atoms with Crippen LogP contribution in [0.5, 0.6) is 0 Å². The minimum atomic E-state index is 0.0887. The SMILES string of the molecule is CCc1cccc(C)c1NC(=S)N1CCn2cccc2[C@H]1c1ccncc1. The molecule has 1 atom stereocenters. The number of hydrogen-bond acceptors (Lipinski definition) is 2. The van der Waals surface area contributed by atoms with Crippen molar-refractivity contribution in [3.05, 3.63) is 83.4 Å². The third kappa shape index (κ3) is 3.35. The molecule has 0 aliphatic carbocycles. The zero-order chi connectivity index (χ0) is 18.8. The number of nitrogens with one attached hydrogen (secondary N) is 1. The number of aromatic nitrogens is 2. The first-order valence-corrected chi connectivity index (χ1v) is 9.81. The molecule has 0 saturated carbocycles. The van der Waals surface area contributed by atoms with E-state index in [1.165, 1.54) is 22.4 Å². The maximum absolute atomic E-state index is 5.89. The van der Waals surface area contributed by atoms with Crippen molar-refractivity contribution in [1.82, 2.24) is 14.5 Å². The van der Waals surface area contributed by atoms with E-state index in [1.54, 1.807) is 0 Å². The van der Waals surface area contributed by atoms with Crippen LogP contribution in [-0.4, -0.2) is 26.1 Å². The topological polar surface area (TPSA) is 33.1 Å². The molecule has 4 rings (SSSR count). The molecule has 27 heavy (non-hydrogen) atoms. The van der Waals surface area contributed by atoms with Gasteiger partial charge >= 0.3 is 0 Å². The molecule has 0 radical (unpaired) electrons. The summed E-state index contributed by atoms with van der Waals surface area (Å²) in [7, 11) is 0. The van der Waals surface area contributed by atoms with Crippen LogP contribution in [0.15, 0.2) is 61.1 Å². The lowest BCUT2D eigenvalue weighted by Gasteiger charge is -2.39.